The smallest absolute Gasteiger partial charge is 0.243 e. The number of aryl methyl sites for hydroxylation is 1. The fourth-order valence-corrected chi connectivity index (χ4v) is 4.99. The van der Waals surface area contributed by atoms with Crippen LogP contribution in [-0.2, 0) is 10.0 Å². The highest BCUT2D eigenvalue weighted by atomic mass is 35.5. The van der Waals surface area contributed by atoms with Crippen LogP contribution in [0.2, 0.25) is 5.02 Å². The maximum absolute atomic E-state index is 12.9. The van der Waals surface area contributed by atoms with Crippen molar-refractivity contribution in [1.29, 1.82) is 0 Å². The molecule has 1 unspecified atom stereocenters. The van der Waals surface area contributed by atoms with Gasteiger partial charge in [0.05, 0.1) is 17.1 Å². The number of halogens is 1. The first kappa shape index (κ1) is 18.2. The summed E-state index contributed by atoms with van der Waals surface area (Å²) >= 11 is 6.11. The summed E-state index contributed by atoms with van der Waals surface area (Å²) in [6.45, 7) is 2.66. The molecule has 1 saturated heterocycles. The van der Waals surface area contributed by atoms with Gasteiger partial charge in [-0.2, -0.15) is 4.31 Å². The average molecular weight is 403 g/mol. The number of nitrogens with zero attached hydrogens (tertiary/aromatic N) is 4. The molecule has 0 amide bonds. The summed E-state index contributed by atoms with van der Waals surface area (Å²) in [6, 6.07) is 14.6. The van der Waals surface area contributed by atoms with Crippen molar-refractivity contribution in [2.45, 2.75) is 24.3 Å². The largest absolute Gasteiger partial charge is 0.247 e. The summed E-state index contributed by atoms with van der Waals surface area (Å²) in [4.78, 5) is 0.224. The molecule has 27 heavy (non-hydrogen) atoms. The van der Waals surface area contributed by atoms with E-state index in [1.807, 2.05) is 43.5 Å². The van der Waals surface area contributed by atoms with E-state index in [0.717, 1.165) is 16.8 Å². The highest BCUT2D eigenvalue weighted by Gasteiger charge is 2.34. The lowest BCUT2D eigenvalue weighted by Gasteiger charge is -2.17. The molecule has 2 aromatic carbocycles. The Hall–Kier alpha value is -2.22. The number of rotatable bonds is 4. The number of aromatic nitrogens is 3. The van der Waals surface area contributed by atoms with Gasteiger partial charge in [0.1, 0.15) is 5.69 Å². The second-order valence-electron chi connectivity index (χ2n) is 6.67. The molecule has 140 valence electrons. The molecule has 1 aliphatic rings. The third kappa shape index (κ3) is 3.50. The van der Waals surface area contributed by atoms with Crippen LogP contribution in [0.5, 0.6) is 0 Å². The Morgan fingerprint density at radius 1 is 1.15 bits per heavy atom. The van der Waals surface area contributed by atoms with Crippen LogP contribution in [0.1, 0.15) is 18.0 Å². The van der Waals surface area contributed by atoms with Crippen LogP contribution >= 0.6 is 11.6 Å². The minimum Gasteiger partial charge on any atom is -0.247 e. The summed E-state index contributed by atoms with van der Waals surface area (Å²) in [6.07, 6.45) is 2.56. The van der Waals surface area contributed by atoms with Crippen molar-refractivity contribution < 1.29 is 8.42 Å². The van der Waals surface area contributed by atoms with Crippen LogP contribution in [0.15, 0.2) is 59.6 Å². The van der Waals surface area contributed by atoms with Gasteiger partial charge in [-0.3, -0.25) is 0 Å². The maximum Gasteiger partial charge on any atom is 0.243 e. The van der Waals surface area contributed by atoms with Crippen LogP contribution in [-0.4, -0.2) is 40.8 Å². The molecular formula is C19H19ClN4O2S. The van der Waals surface area contributed by atoms with E-state index in [2.05, 4.69) is 10.3 Å². The maximum atomic E-state index is 12.9. The lowest BCUT2D eigenvalue weighted by atomic mass is 10.2. The summed E-state index contributed by atoms with van der Waals surface area (Å²) < 4.78 is 29.1. The van der Waals surface area contributed by atoms with Crippen molar-refractivity contribution in [1.82, 2.24) is 19.3 Å². The van der Waals surface area contributed by atoms with Crippen molar-refractivity contribution in [2.24, 2.45) is 0 Å². The van der Waals surface area contributed by atoms with Gasteiger partial charge in [-0.1, -0.05) is 53.2 Å². The first-order valence-corrected chi connectivity index (χ1v) is 10.5. The van der Waals surface area contributed by atoms with Gasteiger partial charge in [0.15, 0.2) is 0 Å². The van der Waals surface area contributed by atoms with E-state index in [0.29, 0.717) is 24.5 Å². The van der Waals surface area contributed by atoms with Crippen molar-refractivity contribution in [2.75, 3.05) is 13.1 Å². The molecule has 1 atom stereocenters. The molecule has 0 aliphatic carbocycles. The molecule has 8 heteroatoms. The zero-order valence-electron chi connectivity index (χ0n) is 14.8. The van der Waals surface area contributed by atoms with Crippen molar-refractivity contribution in [3.05, 3.63) is 65.3 Å². The molecule has 3 aromatic rings. The first-order chi connectivity index (χ1) is 12.9. The number of benzene rings is 2. The topological polar surface area (TPSA) is 68.1 Å². The van der Waals surface area contributed by atoms with Gasteiger partial charge in [-0.05, 0) is 31.0 Å². The monoisotopic (exact) mass is 402 g/mol. The molecule has 0 radical (unpaired) electrons. The Morgan fingerprint density at radius 3 is 2.67 bits per heavy atom. The molecule has 1 fully saturated rings. The predicted octanol–water partition coefficient (Wildman–Crippen LogP) is 3.54. The van der Waals surface area contributed by atoms with Gasteiger partial charge in [-0.15, -0.1) is 5.10 Å². The number of hydrogen-bond donors (Lipinski definition) is 0. The van der Waals surface area contributed by atoms with Gasteiger partial charge < -0.3 is 0 Å². The first-order valence-electron chi connectivity index (χ1n) is 8.69. The third-order valence-electron chi connectivity index (χ3n) is 4.86. The van der Waals surface area contributed by atoms with Crippen molar-refractivity contribution in [3.8, 4) is 11.3 Å². The highest BCUT2D eigenvalue weighted by molar-refractivity contribution is 7.89. The number of hydrogen-bond acceptors (Lipinski definition) is 4. The minimum absolute atomic E-state index is 0.0364. The predicted molar refractivity (Wildman–Crippen MR) is 104 cm³/mol. The lowest BCUT2D eigenvalue weighted by molar-refractivity contribution is 0.428. The Balaban J connectivity index is 1.53. The van der Waals surface area contributed by atoms with E-state index in [4.69, 9.17) is 11.6 Å². The van der Waals surface area contributed by atoms with E-state index in [1.165, 1.54) is 10.4 Å². The molecule has 4 rings (SSSR count). The van der Waals surface area contributed by atoms with Crippen LogP contribution in [0.3, 0.4) is 0 Å². The second kappa shape index (κ2) is 7.07. The van der Waals surface area contributed by atoms with Crippen LogP contribution in [0.4, 0.5) is 0 Å². The van der Waals surface area contributed by atoms with E-state index >= 15 is 0 Å². The summed E-state index contributed by atoms with van der Waals surface area (Å²) in [7, 11) is -3.58. The molecule has 2 heterocycles. The molecule has 0 spiro atoms. The average Bonchev–Trinajstić information content (AvgIpc) is 3.34. The van der Waals surface area contributed by atoms with Crippen LogP contribution in [0.25, 0.3) is 11.3 Å². The fraction of sp³-hybridized carbons (Fsp3) is 0.263. The highest BCUT2D eigenvalue weighted by Crippen LogP contribution is 2.29. The van der Waals surface area contributed by atoms with E-state index in [1.54, 1.807) is 16.8 Å². The SMILES string of the molecule is Cc1ccc(S(=O)(=O)N2CCC(n3cc(-c4ccccc4)nn3)C2)cc1Cl. The molecule has 0 N–H and O–H groups in total. The summed E-state index contributed by atoms with van der Waals surface area (Å²) in [5, 5.41) is 8.89. The quantitative estimate of drug-likeness (QED) is 0.669. The Labute approximate surface area is 163 Å². The molecule has 1 aromatic heterocycles. The summed E-state index contributed by atoms with van der Waals surface area (Å²) in [5.74, 6) is 0. The van der Waals surface area contributed by atoms with Gasteiger partial charge in [0, 0.05) is 23.7 Å². The zero-order valence-corrected chi connectivity index (χ0v) is 16.4. The molecule has 0 bridgehead atoms. The molecule has 1 aliphatic heterocycles. The third-order valence-corrected chi connectivity index (χ3v) is 7.13. The molecule has 6 nitrogen and oxygen atoms in total. The number of sulfonamides is 1. The van der Waals surface area contributed by atoms with Crippen LogP contribution < -0.4 is 0 Å². The zero-order chi connectivity index (χ0) is 19.0. The molecule has 0 saturated carbocycles. The Bertz CT molecular complexity index is 1070. The van der Waals surface area contributed by atoms with Crippen LogP contribution in [0, 0.1) is 6.92 Å². The molecular weight excluding hydrogens is 384 g/mol. The van der Waals surface area contributed by atoms with Crippen molar-refractivity contribution >= 4 is 21.6 Å². The van der Waals surface area contributed by atoms with E-state index in [9.17, 15) is 8.42 Å². The van der Waals surface area contributed by atoms with Crippen molar-refractivity contribution in [3.63, 3.8) is 0 Å². The standard InChI is InChI=1S/C19H19ClN4O2S/c1-14-7-8-17(11-18(14)20)27(25,26)23-10-9-16(12-23)24-13-19(21-22-24)15-5-3-2-4-6-15/h2-8,11,13,16H,9-10,12H2,1H3. The van der Waals surface area contributed by atoms with Gasteiger partial charge >= 0.3 is 0 Å². The second-order valence-corrected chi connectivity index (χ2v) is 9.01. The summed E-state index contributed by atoms with van der Waals surface area (Å²) in [5.41, 5.74) is 2.62. The lowest BCUT2D eigenvalue weighted by Crippen LogP contribution is -2.29. The van der Waals surface area contributed by atoms with E-state index in [-0.39, 0.29) is 10.9 Å². The van der Waals surface area contributed by atoms with Gasteiger partial charge in [-0.25, -0.2) is 13.1 Å². The fourth-order valence-electron chi connectivity index (χ4n) is 3.22. The minimum atomic E-state index is -3.58. The van der Waals surface area contributed by atoms with Gasteiger partial charge in [0.2, 0.25) is 10.0 Å². The van der Waals surface area contributed by atoms with E-state index < -0.39 is 10.0 Å². The Morgan fingerprint density at radius 2 is 1.93 bits per heavy atom. The normalized spacial score (nSPS) is 18.1. The van der Waals surface area contributed by atoms with Gasteiger partial charge in [0.25, 0.3) is 0 Å². The Kier molecular flexibility index (Phi) is 4.75.